The Bertz CT molecular complexity index is 581. The molecule has 0 bridgehead atoms. The molecule has 1 rings (SSSR count). The molecule has 20 heavy (non-hydrogen) atoms. The fourth-order valence-electron chi connectivity index (χ4n) is 1.79. The summed E-state index contributed by atoms with van der Waals surface area (Å²) >= 11 is 0. The molecule has 1 aromatic heterocycles. The van der Waals surface area contributed by atoms with Gasteiger partial charge in [0.2, 0.25) is 15.8 Å². The third-order valence-corrected chi connectivity index (χ3v) is 4.08. The highest BCUT2D eigenvalue weighted by molar-refractivity contribution is 7.89. The summed E-state index contributed by atoms with van der Waals surface area (Å²) in [6.07, 6.45) is 0. The lowest BCUT2D eigenvalue weighted by atomic mass is 10.4. The van der Waals surface area contributed by atoms with E-state index in [0.717, 1.165) is 0 Å². The van der Waals surface area contributed by atoms with Gasteiger partial charge in [-0.05, 0) is 13.8 Å². The normalized spacial score (nSPS) is 11.6. The van der Waals surface area contributed by atoms with E-state index in [4.69, 9.17) is 0 Å². The Morgan fingerprint density at radius 2 is 2.05 bits per heavy atom. The van der Waals surface area contributed by atoms with Crippen LogP contribution in [0.15, 0.2) is 0 Å². The Morgan fingerprint density at radius 1 is 1.40 bits per heavy atom. The molecule has 0 unspecified atom stereocenters. The average molecular weight is 305 g/mol. The lowest BCUT2D eigenvalue weighted by Gasteiger charge is -2.08. The summed E-state index contributed by atoms with van der Waals surface area (Å²) in [5, 5.41) is 17.9. The molecule has 0 aliphatic carbocycles. The SMILES string of the molecule is CCNS(=O)(=O)CCNc1c([N+](=O)[O-])c(C)nn1CC. The van der Waals surface area contributed by atoms with E-state index in [9.17, 15) is 18.5 Å². The Hall–Kier alpha value is -1.68. The first-order valence-electron chi connectivity index (χ1n) is 6.25. The van der Waals surface area contributed by atoms with Crippen molar-refractivity contribution in [3.63, 3.8) is 0 Å². The van der Waals surface area contributed by atoms with Crippen LogP contribution in [0.3, 0.4) is 0 Å². The number of aromatic nitrogens is 2. The van der Waals surface area contributed by atoms with Gasteiger partial charge in [-0.15, -0.1) is 0 Å². The molecule has 114 valence electrons. The molecule has 0 saturated carbocycles. The Kier molecular flexibility index (Phi) is 5.45. The van der Waals surface area contributed by atoms with Gasteiger partial charge in [0.15, 0.2) is 0 Å². The zero-order chi connectivity index (χ0) is 15.3. The third-order valence-electron chi connectivity index (χ3n) is 2.61. The largest absolute Gasteiger partial charge is 0.363 e. The number of nitrogens with one attached hydrogen (secondary N) is 2. The molecule has 10 heteroatoms. The van der Waals surface area contributed by atoms with E-state index in [1.165, 1.54) is 4.68 Å². The van der Waals surface area contributed by atoms with E-state index in [-0.39, 0.29) is 23.8 Å². The summed E-state index contributed by atoms with van der Waals surface area (Å²) in [6.45, 7) is 5.87. The smallest absolute Gasteiger partial charge is 0.333 e. The first kappa shape index (κ1) is 16.4. The lowest BCUT2D eigenvalue weighted by molar-refractivity contribution is -0.384. The van der Waals surface area contributed by atoms with Crippen molar-refractivity contribution in [2.75, 3.05) is 24.2 Å². The first-order chi connectivity index (χ1) is 9.32. The zero-order valence-electron chi connectivity index (χ0n) is 11.7. The summed E-state index contributed by atoms with van der Waals surface area (Å²) < 4.78 is 26.8. The van der Waals surface area contributed by atoms with E-state index in [1.807, 2.05) is 0 Å². The van der Waals surface area contributed by atoms with Gasteiger partial charge in [-0.25, -0.2) is 17.8 Å². The van der Waals surface area contributed by atoms with Crippen molar-refractivity contribution in [3.8, 4) is 0 Å². The number of aryl methyl sites for hydroxylation is 2. The van der Waals surface area contributed by atoms with Gasteiger partial charge in [0.25, 0.3) is 0 Å². The van der Waals surface area contributed by atoms with Crippen molar-refractivity contribution in [2.24, 2.45) is 0 Å². The van der Waals surface area contributed by atoms with Crippen molar-refractivity contribution in [1.29, 1.82) is 0 Å². The predicted octanol–water partition coefficient (Wildman–Crippen LogP) is 0.471. The molecule has 0 saturated heterocycles. The number of rotatable bonds is 8. The molecule has 2 N–H and O–H groups in total. The topological polar surface area (TPSA) is 119 Å². The van der Waals surface area contributed by atoms with Crippen LogP contribution in [0, 0.1) is 17.0 Å². The minimum absolute atomic E-state index is 0.0707. The monoisotopic (exact) mass is 305 g/mol. The highest BCUT2D eigenvalue weighted by atomic mass is 32.2. The van der Waals surface area contributed by atoms with E-state index in [0.29, 0.717) is 18.8 Å². The maximum Gasteiger partial charge on any atom is 0.333 e. The van der Waals surface area contributed by atoms with E-state index < -0.39 is 14.9 Å². The fraction of sp³-hybridized carbons (Fsp3) is 0.700. The number of hydrogen-bond acceptors (Lipinski definition) is 6. The summed E-state index contributed by atoms with van der Waals surface area (Å²) in [5.74, 6) is 0.0769. The first-order valence-corrected chi connectivity index (χ1v) is 7.90. The van der Waals surface area contributed by atoms with Gasteiger partial charge in [-0.1, -0.05) is 6.92 Å². The van der Waals surface area contributed by atoms with Crippen LogP contribution in [0.1, 0.15) is 19.5 Å². The molecule has 0 spiro atoms. The van der Waals surface area contributed by atoms with Crippen LogP contribution in [0.2, 0.25) is 0 Å². The number of anilines is 1. The van der Waals surface area contributed by atoms with Crippen molar-refractivity contribution < 1.29 is 13.3 Å². The molecule has 0 aliphatic heterocycles. The Labute approximate surface area is 117 Å². The van der Waals surface area contributed by atoms with Gasteiger partial charge in [0.1, 0.15) is 5.69 Å². The maximum absolute atomic E-state index is 11.5. The van der Waals surface area contributed by atoms with Crippen LogP contribution in [0.5, 0.6) is 0 Å². The van der Waals surface area contributed by atoms with Gasteiger partial charge in [0.05, 0.1) is 10.7 Å². The maximum atomic E-state index is 11.5. The number of hydrogen-bond donors (Lipinski definition) is 2. The second-order valence-electron chi connectivity index (χ2n) is 4.10. The molecule has 1 aromatic rings. The highest BCUT2D eigenvalue weighted by Crippen LogP contribution is 2.27. The minimum atomic E-state index is -3.36. The van der Waals surface area contributed by atoms with E-state index in [2.05, 4.69) is 15.1 Å². The molecule has 0 fully saturated rings. The second kappa shape index (κ2) is 6.66. The number of sulfonamides is 1. The summed E-state index contributed by atoms with van der Waals surface area (Å²) in [7, 11) is -3.36. The Morgan fingerprint density at radius 3 is 2.55 bits per heavy atom. The molecule has 0 aromatic carbocycles. The zero-order valence-corrected chi connectivity index (χ0v) is 12.5. The predicted molar refractivity (Wildman–Crippen MR) is 75.2 cm³/mol. The fourth-order valence-corrected chi connectivity index (χ4v) is 2.75. The summed E-state index contributed by atoms with van der Waals surface area (Å²) in [6, 6.07) is 0. The van der Waals surface area contributed by atoms with Gasteiger partial charge in [-0.3, -0.25) is 10.1 Å². The summed E-state index contributed by atoms with van der Waals surface area (Å²) in [5.41, 5.74) is 0.182. The van der Waals surface area contributed by atoms with Crippen molar-refractivity contribution in [2.45, 2.75) is 27.3 Å². The van der Waals surface area contributed by atoms with Crippen LogP contribution >= 0.6 is 0 Å². The molecule has 1 heterocycles. The molecule has 0 radical (unpaired) electrons. The van der Waals surface area contributed by atoms with Gasteiger partial charge < -0.3 is 5.32 Å². The Balaban J connectivity index is 2.85. The molecule has 0 atom stereocenters. The summed E-state index contributed by atoms with van der Waals surface area (Å²) in [4.78, 5) is 10.5. The highest BCUT2D eigenvalue weighted by Gasteiger charge is 2.24. The molecule has 0 amide bonds. The third kappa shape index (κ3) is 3.90. The van der Waals surface area contributed by atoms with Gasteiger partial charge >= 0.3 is 5.69 Å². The molecular formula is C10H19N5O4S. The van der Waals surface area contributed by atoms with Crippen molar-refractivity contribution in [3.05, 3.63) is 15.8 Å². The van der Waals surface area contributed by atoms with Crippen LogP contribution in [-0.4, -0.2) is 42.0 Å². The number of nitrogens with zero attached hydrogens (tertiary/aromatic N) is 3. The number of nitro groups is 1. The second-order valence-corrected chi connectivity index (χ2v) is 6.03. The standard InChI is InChI=1S/C10H19N5O4S/c1-4-12-20(18,19)7-6-11-10-9(15(16)17)8(3)13-14(10)5-2/h11-12H,4-7H2,1-3H3. The lowest BCUT2D eigenvalue weighted by Crippen LogP contribution is -2.29. The minimum Gasteiger partial charge on any atom is -0.363 e. The van der Waals surface area contributed by atoms with Crippen molar-refractivity contribution in [1.82, 2.24) is 14.5 Å². The van der Waals surface area contributed by atoms with E-state index in [1.54, 1.807) is 20.8 Å². The van der Waals surface area contributed by atoms with Crippen LogP contribution in [0.25, 0.3) is 0 Å². The van der Waals surface area contributed by atoms with Gasteiger partial charge in [0, 0.05) is 19.6 Å². The average Bonchev–Trinajstić information content (AvgIpc) is 2.65. The molecule has 0 aliphatic rings. The molecular weight excluding hydrogens is 286 g/mol. The van der Waals surface area contributed by atoms with Gasteiger partial charge in [-0.2, -0.15) is 5.10 Å². The van der Waals surface area contributed by atoms with E-state index >= 15 is 0 Å². The van der Waals surface area contributed by atoms with Crippen LogP contribution in [-0.2, 0) is 16.6 Å². The van der Waals surface area contributed by atoms with Crippen LogP contribution < -0.4 is 10.0 Å². The molecule has 9 nitrogen and oxygen atoms in total. The quantitative estimate of drug-likeness (QED) is 0.532. The van der Waals surface area contributed by atoms with Crippen molar-refractivity contribution >= 4 is 21.5 Å². The van der Waals surface area contributed by atoms with Crippen LogP contribution in [0.4, 0.5) is 11.5 Å².